The van der Waals surface area contributed by atoms with E-state index in [2.05, 4.69) is 5.32 Å². The fourth-order valence-electron chi connectivity index (χ4n) is 4.48. The Balaban J connectivity index is 1.47. The molecule has 1 atom stereocenters. The molecule has 6 nitrogen and oxygen atoms in total. The number of carbonyl (C=O) groups is 3. The number of hydrogen-bond acceptors (Lipinski definition) is 3. The van der Waals surface area contributed by atoms with Crippen molar-refractivity contribution in [2.45, 2.75) is 32.6 Å². The minimum absolute atomic E-state index is 0.0572. The maximum Gasteiger partial charge on any atom is 0.255 e. The lowest BCUT2D eigenvalue weighted by Crippen LogP contribution is -2.44. The zero-order chi connectivity index (χ0) is 22.7. The van der Waals surface area contributed by atoms with Crippen LogP contribution in [0.2, 0.25) is 0 Å². The molecule has 1 N–H and O–H groups in total. The lowest BCUT2D eigenvalue weighted by atomic mass is 9.95. The normalized spacial score (nSPS) is 18.5. The molecule has 2 saturated heterocycles. The molecule has 2 fully saturated rings. The molecule has 2 aromatic rings. The van der Waals surface area contributed by atoms with E-state index in [4.69, 9.17) is 0 Å². The number of nitrogens with zero attached hydrogens (tertiary/aromatic N) is 2. The summed E-state index contributed by atoms with van der Waals surface area (Å²) in [5.41, 5.74) is 2.30. The SMILES string of the molecule is Cc1cccc(C(=O)N2CCCC2)c1NC(=O)C1CCCN(C(=O)c2ccc(F)cc2)C1. The molecule has 4 rings (SSSR count). The Morgan fingerprint density at radius 2 is 1.59 bits per heavy atom. The van der Waals surface area contributed by atoms with Gasteiger partial charge in [-0.2, -0.15) is 0 Å². The molecule has 0 spiro atoms. The number of hydrogen-bond donors (Lipinski definition) is 1. The van der Waals surface area contributed by atoms with Crippen LogP contribution in [0.25, 0.3) is 0 Å². The van der Waals surface area contributed by atoms with Gasteiger partial charge in [0.1, 0.15) is 5.82 Å². The highest BCUT2D eigenvalue weighted by Crippen LogP contribution is 2.26. The number of rotatable bonds is 4. The average Bonchev–Trinajstić information content (AvgIpc) is 3.35. The maximum atomic E-state index is 13.2. The number of nitrogens with one attached hydrogen (secondary N) is 1. The van der Waals surface area contributed by atoms with Crippen LogP contribution < -0.4 is 5.32 Å². The lowest BCUT2D eigenvalue weighted by Gasteiger charge is -2.32. The average molecular weight is 438 g/mol. The van der Waals surface area contributed by atoms with E-state index in [0.717, 1.165) is 31.5 Å². The Morgan fingerprint density at radius 3 is 2.31 bits per heavy atom. The summed E-state index contributed by atoms with van der Waals surface area (Å²) in [5, 5.41) is 2.99. The van der Waals surface area contributed by atoms with Crippen LogP contribution in [0.5, 0.6) is 0 Å². The van der Waals surface area contributed by atoms with Crippen molar-refractivity contribution in [1.82, 2.24) is 9.80 Å². The van der Waals surface area contributed by atoms with E-state index >= 15 is 0 Å². The van der Waals surface area contributed by atoms with Crippen molar-refractivity contribution in [3.8, 4) is 0 Å². The van der Waals surface area contributed by atoms with Crippen LogP contribution in [0.3, 0.4) is 0 Å². The van der Waals surface area contributed by atoms with Crippen molar-refractivity contribution in [2.24, 2.45) is 5.92 Å². The Labute approximate surface area is 187 Å². The summed E-state index contributed by atoms with van der Waals surface area (Å²) in [4.78, 5) is 42.4. The summed E-state index contributed by atoms with van der Waals surface area (Å²) in [6.45, 7) is 4.21. The molecule has 2 aliphatic heterocycles. The van der Waals surface area contributed by atoms with Crippen LogP contribution in [0.15, 0.2) is 42.5 Å². The zero-order valence-electron chi connectivity index (χ0n) is 18.3. The van der Waals surface area contributed by atoms with Gasteiger partial charge in [-0.05, 0) is 68.5 Å². The highest BCUT2D eigenvalue weighted by atomic mass is 19.1. The van der Waals surface area contributed by atoms with E-state index < -0.39 is 5.82 Å². The molecule has 2 heterocycles. The third-order valence-electron chi connectivity index (χ3n) is 6.32. The highest BCUT2D eigenvalue weighted by molar-refractivity contribution is 6.05. The van der Waals surface area contributed by atoms with Gasteiger partial charge in [0.15, 0.2) is 0 Å². The number of piperidine rings is 1. The number of anilines is 1. The predicted octanol–water partition coefficient (Wildman–Crippen LogP) is 3.86. The molecule has 3 amide bonds. The Morgan fingerprint density at radius 1 is 0.906 bits per heavy atom. The Hall–Kier alpha value is -3.22. The summed E-state index contributed by atoms with van der Waals surface area (Å²) in [7, 11) is 0. The van der Waals surface area contributed by atoms with Gasteiger partial charge in [-0.3, -0.25) is 14.4 Å². The number of halogens is 1. The number of aryl methyl sites for hydroxylation is 1. The molecule has 2 aromatic carbocycles. The molecule has 0 bridgehead atoms. The smallest absolute Gasteiger partial charge is 0.255 e. The van der Waals surface area contributed by atoms with Crippen LogP contribution in [0.1, 0.15) is 52.0 Å². The summed E-state index contributed by atoms with van der Waals surface area (Å²) >= 11 is 0. The molecule has 2 aliphatic rings. The maximum absolute atomic E-state index is 13.2. The summed E-state index contributed by atoms with van der Waals surface area (Å²) in [6.07, 6.45) is 3.37. The summed E-state index contributed by atoms with van der Waals surface area (Å²) in [6, 6.07) is 10.9. The predicted molar refractivity (Wildman–Crippen MR) is 120 cm³/mol. The van der Waals surface area contributed by atoms with Gasteiger partial charge in [-0.15, -0.1) is 0 Å². The highest BCUT2D eigenvalue weighted by Gasteiger charge is 2.30. The van der Waals surface area contributed by atoms with Crippen molar-refractivity contribution >= 4 is 23.4 Å². The fourth-order valence-corrected chi connectivity index (χ4v) is 4.48. The van der Waals surface area contributed by atoms with Gasteiger partial charge in [0, 0.05) is 31.7 Å². The molecule has 0 aliphatic carbocycles. The van der Waals surface area contributed by atoms with Gasteiger partial charge in [0.2, 0.25) is 5.91 Å². The van der Waals surface area contributed by atoms with E-state index in [1.54, 1.807) is 11.0 Å². The van der Waals surface area contributed by atoms with Crippen molar-refractivity contribution in [3.05, 3.63) is 65.0 Å². The summed E-state index contributed by atoms with van der Waals surface area (Å²) < 4.78 is 13.2. The largest absolute Gasteiger partial charge is 0.339 e. The van der Waals surface area contributed by atoms with E-state index in [-0.39, 0.29) is 23.6 Å². The lowest BCUT2D eigenvalue weighted by molar-refractivity contribution is -0.121. The topological polar surface area (TPSA) is 69.7 Å². The van der Waals surface area contributed by atoms with Crippen LogP contribution in [0, 0.1) is 18.7 Å². The third kappa shape index (κ3) is 4.66. The van der Waals surface area contributed by atoms with Crippen molar-refractivity contribution in [1.29, 1.82) is 0 Å². The fraction of sp³-hybridized carbons (Fsp3) is 0.400. The molecular weight excluding hydrogens is 409 g/mol. The van der Waals surface area contributed by atoms with Gasteiger partial charge in [-0.25, -0.2) is 4.39 Å². The van der Waals surface area contributed by atoms with E-state index in [1.165, 1.54) is 24.3 Å². The first-order valence-electron chi connectivity index (χ1n) is 11.2. The number of benzene rings is 2. The second kappa shape index (κ2) is 9.51. The summed E-state index contributed by atoms with van der Waals surface area (Å²) in [5.74, 6) is -1.22. The molecular formula is C25H28FN3O3. The van der Waals surface area contributed by atoms with Gasteiger partial charge in [-0.1, -0.05) is 12.1 Å². The molecule has 0 aromatic heterocycles. The minimum Gasteiger partial charge on any atom is -0.339 e. The second-order valence-electron chi connectivity index (χ2n) is 8.58. The van der Waals surface area contributed by atoms with Gasteiger partial charge in [0.05, 0.1) is 17.2 Å². The number of likely N-dealkylation sites (tertiary alicyclic amines) is 2. The first kappa shape index (κ1) is 22.0. The van der Waals surface area contributed by atoms with Gasteiger partial charge >= 0.3 is 0 Å². The Bertz CT molecular complexity index is 1020. The van der Waals surface area contributed by atoms with Crippen molar-refractivity contribution in [3.63, 3.8) is 0 Å². The van der Waals surface area contributed by atoms with Crippen LogP contribution in [0.4, 0.5) is 10.1 Å². The third-order valence-corrected chi connectivity index (χ3v) is 6.32. The van der Waals surface area contributed by atoms with Gasteiger partial charge in [0.25, 0.3) is 11.8 Å². The minimum atomic E-state index is -0.394. The number of amides is 3. The molecule has 32 heavy (non-hydrogen) atoms. The molecule has 0 radical (unpaired) electrons. The zero-order valence-corrected chi connectivity index (χ0v) is 18.3. The molecule has 0 saturated carbocycles. The van der Waals surface area contributed by atoms with Crippen molar-refractivity contribution < 1.29 is 18.8 Å². The second-order valence-corrected chi connectivity index (χ2v) is 8.58. The monoisotopic (exact) mass is 437 g/mol. The van der Waals surface area contributed by atoms with E-state index in [9.17, 15) is 18.8 Å². The van der Waals surface area contributed by atoms with Gasteiger partial charge < -0.3 is 15.1 Å². The van der Waals surface area contributed by atoms with Crippen LogP contribution in [-0.4, -0.2) is 53.7 Å². The number of carbonyl (C=O) groups excluding carboxylic acids is 3. The molecule has 7 heteroatoms. The standard InChI is InChI=1S/C25H28FN3O3/c1-17-6-4-8-21(25(32)28-13-2-3-14-28)22(17)27-23(30)19-7-5-15-29(16-19)24(31)18-9-11-20(26)12-10-18/h4,6,8-12,19H,2-3,5,7,13-16H2,1H3,(H,27,30). The van der Waals surface area contributed by atoms with Crippen LogP contribution >= 0.6 is 0 Å². The first-order valence-corrected chi connectivity index (χ1v) is 11.2. The van der Waals surface area contributed by atoms with E-state index in [0.29, 0.717) is 42.7 Å². The van der Waals surface area contributed by atoms with E-state index in [1.807, 2.05) is 24.0 Å². The first-order chi connectivity index (χ1) is 15.4. The number of para-hydroxylation sites is 1. The Kier molecular flexibility index (Phi) is 6.53. The van der Waals surface area contributed by atoms with Crippen LogP contribution in [-0.2, 0) is 4.79 Å². The van der Waals surface area contributed by atoms with Crippen molar-refractivity contribution in [2.75, 3.05) is 31.5 Å². The molecule has 1 unspecified atom stereocenters. The quantitative estimate of drug-likeness (QED) is 0.790. The molecule has 168 valence electrons.